The molecule has 35 heavy (non-hydrogen) atoms. The van der Waals surface area contributed by atoms with Gasteiger partial charge in [-0.25, -0.2) is 9.79 Å². The summed E-state index contributed by atoms with van der Waals surface area (Å²) >= 11 is 0. The number of urea groups is 1. The number of aliphatic imine (C=N–C) groups is 1. The molecule has 2 atom stereocenters. The van der Waals surface area contributed by atoms with Gasteiger partial charge >= 0.3 is 12.0 Å². The van der Waals surface area contributed by atoms with Gasteiger partial charge in [0.05, 0.1) is 11.0 Å². The van der Waals surface area contributed by atoms with Crippen LogP contribution in [0.5, 0.6) is 0 Å². The number of likely N-dealkylation sites (N-methyl/N-ethyl adjacent to an activating group) is 1. The van der Waals surface area contributed by atoms with Gasteiger partial charge in [-0.15, -0.1) is 0 Å². The molecule has 1 aliphatic rings. The molecule has 0 spiro atoms. The van der Waals surface area contributed by atoms with Crippen LogP contribution in [0.15, 0.2) is 65.7 Å². The van der Waals surface area contributed by atoms with Crippen LogP contribution in [0.25, 0.3) is 6.08 Å². The Hall–Kier alpha value is -4.34. The number of nitro benzene ring substituents is 1. The van der Waals surface area contributed by atoms with Crippen molar-refractivity contribution in [3.05, 3.63) is 81.9 Å². The SMILES string of the molecule is CC1=NC(=O)N(CCCN(C)C(=O)C=Cc2ccccc2)C(c2cccc([N+](=O)[O-])c2)C1C(=O)O. The molecule has 10 heteroatoms. The highest BCUT2D eigenvalue weighted by Crippen LogP contribution is 2.35. The van der Waals surface area contributed by atoms with Gasteiger partial charge in [-0.3, -0.25) is 19.7 Å². The Morgan fingerprint density at radius 3 is 2.57 bits per heavy atom. The lowest BCUT2D eigenvalue weighted by molar-refractivity contribution is -0.385. The number of nitro groups is 1. The van der Waals surface area contributed by atoms with Crippen molar-refractivity contribution in [3.8, 4) is 0 Å². The van der Waals surface area contributed by atoms with E-state index in [0.29, 0.717) is 18.5 Å². The highest BCUT2D eigenvalue weighted by Gasteiger charge is 2.42. The van der Waals surface area contributed by atoms with E-state index in [4.69, 9.17) is 0 Å². The molecular formula is C25H26N4O6. The Balaban J connectivity index is 1.75. The minimum absolute atomic E-state index is 0.118. The van der Waals surface area contributed by atoms with Gasteiger partial charge in [-0.1, -0.05) is 42.5 Å². The summed E-state index contributed by atoms with van der Waals surface area (Å²) in [6, 6.07) is 13.4. The minimum Gasteiger partial charge on any atom is -0.481 e. The fourth-order valence-electron chi connectivity index (χ4n) is 4.00. The highest BCUT2D eigenvalue weighted by molar-refractivity contribution is 6.07. The molecule has 0 saturated heterocycles. The number of non-ortho nitro benzene ring substituents is 1. The Morgan fingerprint density at radius 1 is 1.20 bits per heavy atom. The first kappa shape index (κ1) is 25.3. The van der Waals surface area contributed by atoms with Gasteiger partial charge in [-0.2, -0.15) is 0 Å². The number of amides is 3. The quantitative estimate of drug-likeness (QED) is 0.331. The van der Waals surface area contributed by atoms with Crippen LogP contribution >= 0.6 is 0 Å². The first-order valence-electron chi connectivity index (χ1n) is 11.0. The summed E-state index contributed by atoms with van der Waals surface area (Å²) in [5.41, 5.74) is 1.16. The number of nitrogens with zero attached hydrogens (tertiary/aromatic N) is 4. The monoisotopic (exact) mass is 478 g/mol. The van der Waals surface area contributed by atoms with Crippen molar-refractivity contribution >= 4 is 35.4 Å². The second kappa shape index (κ2) is 11.2. The molecule has 0 bridgehead atoms. The van der Waals surface area contributed by atoms with Crippen LogP contribution in [0, 0.1) is 16.0 Å². The number of rotatable bonds is 9. The number of carboxylic acid groups (broad SMARTS) is 1. The molecule has 1 aliphatic heterocycles. The van der Waals surface area contributed by atoms with Crippen LogP contribution in [0.1, 0.15) is 30.5 Å². The normalized spacial score (nSPS) is 17.8. The van der Waals surface area contributed by atoms with Gasteiger partial charge in [0.15, 0.2) is 0 Å². The summed E-state index contributed by atoms with van der Waals surface area (Å²) < 4.78 is 0. The molecular weight excluding hydrogens is 452 g/mol. The van der Waals surface area contributed by atoms with Crippen LogP contribution in [-0.4, -0.2) is 63.6 Å². The summed E-state index contributed by atoms with van der Waals surface area (Å²) in [6.07, 6.45) is 3.53. The Morgan fingerprint density at radius 2 is 1.91 bits per heavy atom. The predicted molar refractivity (Wildman–Crippen MR) is 130 cm³/mol. The maximum Gasteiger partial charge on any atom is 0.344 e. The smallest absolute Gasteiger partial charge is 0.344 e. The molecule has 2 aromatic rings. The Bertz CT molecular complexity index is 1180. The number of carbonyl (C=O) groups excluding carboxylic acids is 2. The van der Waals surface area contributed by atoms with Gasteiger partial charge in [0.2, 0.25) is 5.91 Å². The van der Waals surface area contributed by atoms with Gasteiger partial charge < -0.3 is 14.9 Å². The van der Waals surface area contributed by atoms with Gasteiger partial charge in [0, 0.05) is 44.1 Å². The minimum atomic E-state index is -1.18. The van der Waals surface area contributed by atoms with E-state index >= 15 is 0 Å². The molecule has 3 amide bonds. The Kier molecular flexibility index (Phi) is 8.08. The third-order valence-corrected chi connectivity index (χ3v) is 5.79. The van der Waals surface area contributed by atoms with E-state index in [1.807, 2.05) is 30.3 Å². The molecule has 1 N–H and O–H groups in total. The van der Waals surface area contributed by atoms with Crippen LogP contribution in [0.3, 0.4) is 0 Å². The van der Waals surface area contributed by atoms with Crippen LogP contribution in [-0.2, 0) is 9.59 Å². The van der Waals surface area contributed by atoms with E-state index in [0.717, 1.165) is 5.56 Å². The van der Waals surface area contributed by atoms with Gasteiger partial charge in [0.25, 0.3) is 5.69 Å². The van der Waals surface area contributed by atoms with Gasteiger partial charge in [-0.05, 0) is 30.5 Å². The summed E-state index contributed by atoms with van der Waals surface area (Å²) in [4.78, 5) is 54.6. The largest absolute Gasteiger partial charge is 0.481 e. The van der Waals surface area contributed by atoms with E-state index in [2.05, 4.69) is 4.99 Å². The van der Waals surface area contributed by atoms with Crippen molar-refractivity contribution in [2.75, 3.05) is 20.1 Å². The number of hydrogen-bond donors (Lipinski definition) is 1. The maximum absolute atomic E-state index is 12.8. The van der Waals surface area contributed by atoms with E-state index < -0.39 is 28.9 Å². The van der Waals surface area contributed by atoms with E-state index in [9.17, 15) is 29.6 Å². The number of benzene rings is 2. The van der Waals surface area contributed by atoms with Crippen LogP contribution in [0.4, 0.5) is 10.5 Å². The summed E-state index contributed by atoms with van der Waals surface area (Å²) in [7, 11) is 1.64. The zero-order valence-electron chi connectivity index (χ0n) is 19.4. The molecule has 182 valence electrons. The van der Waals surface area contributed by atoms with Crippen LogP contribution < -0.4 is 0 Å². The maximum atomic E-state index is 12.8. The number of carboxylic acids is 1. The molecule has 10 nitrogen and oxygen atoms in total. The van der Waals surface area contributed by atoms with Crippen LogP contribution in [0.2, 0.25) is 0 Å². The number of aliphatic carboxylic acids is 1. The van der Waals surface area contributed by atoms with E-state index in [-0.39, 0.29) is 23.9 Å². The second-order valence-electron chi connectivity index (χ2n) is 8.20. The van der Waals surface area contributed by atoms with Crippen molar-refractivity contribution < 1.29 is 24.4 Å². The lowest BCUT2D eigenvalue weighted by Gasteiger charge is -2.38. The molecule has 0 fully saturated rings. The molecule has 0 radical (unpaired) electrons. The number of carbonyl (C=O) groups is 3. The average molecular weight is 479 g/mol. The Labute approximate surface area is 202 Å². The molecule has 1 heterocycles. The molecule has 0 saturated carbocycles. The lowest BCUT2D eigenvalue weighted by Crippen LogP contribution is -2.47. The molecule has 3 rings (SSSR count). The third kappa shape index (κ3) is 6.17. The third-order valence-electron chi connectivity index (χ3n) is 5.79. The summed E-state index contributed by atoms with van der Waals surface area (Å²) in [5.74, 6) is -2.55. The molecule has 2 aromatic carbocycles. The summed E-state index contributed by atoms with van der Waals surface area (Å²) in [6.45, 7) is 1.89. The first-order chi connectivity index (χ1) is 16.7. The molecule has 0 aromatic heterocycles. The predicted octanol–water partition coefficient (Wildman–Crippen LogP) is 3.80. The van der Waals surface area contributed by atoms with Crippen molar-refractivity contribution in [1.82, 2.24) is 9.80 Å². The second-order valence-corrected chi connectivity index (χ2v) is 8.20. The fraction of sp³-hybridized carbons (Fsp3) is 0.280. The van der Waals surface area contributed by atoms with Crippen molar-refractivity contribution in [3.63, 3.8) is 0 Å². The van der Waals surface area contributed by atoms with Crippen molar-refractivity contribution in [1.29, 1.82) is 0 Å². The fourth-order valence-corrected chi connectivity index (χ4v) is 4.00. The van der Waals surface area contributed by atoms with Crippen molar-refractivity contribution in [2.24, 2.45) is 10.9 Å². The van der Waals surface area contributed by atoms with E-state index in [1.54, 1.807) is 19.2 Å². The standard InChI is InChI=1S/C25H26N4O6/c1-17-22(24(31)32)23(19-10-6-11-20(16-19)29(34)35)28(25(33)26-17)15-7-14-27(2)21(30)13-12-18-8-4-3-5-9-18/h3-6,8-13,16,22-23H,7,14-15H2,1-2H3,(H,31,32). The van der Waals surface area contributed by atoms with Gasteiger partial charge in [0.1, 0.15) is 5.92 Å². The molecule has 0 aliphatic carbocycles. The highest BCUT2D eigenvalue weighted by atomic mass is 16.6. The lowest BCUT2D eigenvalue weighted by atomic mass is 9.86. The average Bonchev–Trinajstić information content (AvgIpc) is 2.83. The summed E-state index contributed by atoms with van der Waals surface area (Å²) in [5, 5.41) is 21.1. The topological polar surface area (TPSA) is 133 Å². The zero-order chi connectivity index (χ0) is 25.5. The molecule has 2 unspecified atom stereocenters. The van der Waals surface area contributed by atoms with E-state index in [1.165, 1.54) is 41.0 Å². The first-order valence-corrected chi connectivity index (χ1v) is 11.0. The number of hydrogen-bond acceptors (Lipinski definition) is 5. The zero-order valence-corrected chi connectivity index (χ0v) is 19.4. The van der Waals surface area contributed by atoms with Crippen molar-refractivity contribution in [2.45, 2.75) is 19.4 Å².